The summed E-state index contributed by atoms with van der Waals surface area (Å²) in [4.78, 5) is 13.1. The van der Waals surface area contributed by atoms with E-state index < -0.39 is 0 Å². The zero-order chi connectivity index (χ0) is 24.0. The fourth-order valence-electron chi connectivity index (χ4n) is 4.41. The maximum atomic E-state index is 13.1. The first kappa shape index (κ1) is 22.4. The third-order valence-electron chi connectivity index (χ3n) is 6.05. The summed E-state index contributed by atoms with van der Waals surface area (Å²) in [5.41, 5.74) is 4.74. The fraction of sp³-hybridized carbons (Fsp3) is 0.0938. The summed E-state index contributed by atoms with van der Waals surface area (Å²) in [7, 11) is 0. The standard InChI is InChI=1S/C32H26O3/c1-2-34-26-19-17-23(18-20-26)29(33)22-21-28-31(24-11-5-3-6-12-24)27-15-9-10-16-30(27)35-32(28)25-13-7-4-8-14-25/h3-22,31H,2H2,1H3/b22-21-/t31-/m1/s1. The highest BCUT2D eigenvalue weighted by Crippen LogP contribution is 2.46. The van der Waals surface area contributed by atoms with Crippen LogP contribution in [0.1, 0.15) is 39.9 Å². The number of benzene rings is 4. The summed E-state index contributed by atoms with van der Waals surface area (Å²) < 4.78 is 12.0. The first-order chi connectivity index (χ1) is 17.2. The van der Waals surface area contributed by atoms with Crippen LogP contribution in [0.2, 0.25) is 0 Å². The van der Waals surface area contributed by atoms with E-state index in [9.17, 15) is 4.79 Å². The lowest BCUT2D eigenvalue weighted by molar-refractivity contribution is 0.104. The van der Waals surface area contributed by atoms with E-state index in [1.807, 2.05) is 91.9 Å². The molecule has 1 aliphatic heterocycles. The second kappa shape index (κ2) is 10.3. The lowest BCUT2D eigenvalue weighted by atomic mass is 9.81. The van der Waals surface area contributed by atoms with Gasteiger partial charge in [-0.2, -0.15) is 0 Å². The van der Waals surface area contributed by atoms with Gasteiger partial charge in [-0.1, -0.05) is 84.9 Å². The van der Waals surface area contributed by atoms with Crippen LogP contribution < -0.4 is 9.47 Å². The Hall–Kier alpha value is -4.37. The molecule has 4 aromatic carbocycles. The number of rotatable bonds is 7. The van der Waals surface area contributed by atoms with Gasteiger partial charge in [-0.15, -0.1) is 0 Å². The minimum absolute atomic E-state index is 0.0688. The monoisotopic (exact) mass is 458 g/mol. The van der Waals surface area contributed by atoms with Gasteiger partial charge >= 0.3 is 0 Å². The molecule has 1 heterocycles. The van der Waals surface area contributed by atoms with Crippen LogP contribution in [0.5, 0.6) is 11.5 Å². The number of ether oxygens (including phenoxy) is 2. The van der Waals surface area contributed by atoms with Gasteiger partial charge in [-0.3, -0.25) is 4.79 Å². The highest BCUT2D eigenvalue weighted by Gasteiger charge is 2.30. The van der Waals surface area contributed by atoms with Gasteiger partial charge in [0.15, 0.2) is 5.78 Å². The Morgan fingerprint density at radius 3 is 2.20 bits per heavy atom. The molecule has 3 heteroatoms. The fourth-order valence-corrected chi connectivity index (χ4v) is 4.41. The number of para-hydroxylation sites is 1. The van der Waals surface area contributed by atoms with Crippen LogP contribution >= 0.6 is 0 Å². The Morgan fingerprint density at radius 1 is 0.829 bits per heavy atom. The van der Waals surface area contributed by atoms with Crippen molar-refractivity contribution in [3.8, 4) is 11.5 Å². The minimum Gasteiger partial charge on any atom is -0.494 e. The molecule has 0 radical (unpaired) electrons. The van der Waals surface area contributed by atoms with Crippen molar-refractivity contribution < 1.29 is 14.3 Å². The molecule has 0 aliphatic carbocycles. The van der Waals surface area contributed by atoms with Crippen LogP contribution in [0.3, 0.4) is 0 Å². The van der Waals surface area contributed by atoms with Gasteiger partial charge in [0.05, 0.1) is 6.61 Å². The molecule has 1 aliphatic rings. The molecule has 1 atom stereocenters. The van der Waals surface area contributed by atoms with Crippen LogP contribution in [0.15, 0.2) is 127 Å². The van der Waals surface area contributed by atoms with Gasteiger partial charge in [-0.05, 0) is 48.9 Å². The maximum Gasteiger partial charge on any atom is 0.185 e. The van der Waals surface area contributed by atoms with E-state index in [-0.39, 0.29) is 11.7 Å². The molecule has 0 saturated carbocycles. The van der Waals surface area contributed by atoms with E-state index >= 15 is 0 Å². The van der Waals surface area contributed by atoms with Crippen LogP contribution in [-0.2, 0) is 0 Å². The van der Waals surface area contributed by atoms with Gasteiger partial charge < -0.3 is 9.47 Å². The van der Waals surface area contributed by atoms with E-state index in [1.165, 1.54) is 0 Å². The average molecular weight is 459 g/mol. The average Bonchev–Trinajstić information content (AvgIpc) is 2.92. The van der Waals surface area contributed by atoms with Gasteiger partial charge in [0.25, 0.3) is 0 Å². The SMILES string of the molecule is CCOc1ccc(C(=O)/C=C\C2=C(c3ccccc3)Oc3ccccc3[C@H]2c2ccccc2)cc1. The zero-order valence-corrected chi connectivity index (χ0v) is 19.6. The van der Waals surface area contributed by atoms with Gasteiger partial charge in [0.1, 0.15) is 17.3 Å². The van der Waals surface area contributed by atoms with Crippen molar-refractivity contribution in [3.05, 3.63) is 149 Å². The Morgan fingerprint density at radius 2 is 1.49 bits per heavy atom. The first-order valence-electron chi connectivity index (χ1n) is 11.8. The molecule has 5 rings (SSSR count). The molecule has 0 N–H and O–H groups in total. The van der Waals surface area contributed by atoms with Crippen molar-refractivity contribution in [2.45, 2.75) is 12.8 Å². The summed E-state index contributed by atoms with van der Waals surface area (Å²) in [6.45, 7) is 2.53. The second-order valence-electron chi connectivity index (χ2n) is 8.29. The number of carbonyl (C=O) groups excluding carboxylic acids is 1. The van der Waals surface area contributed by atoms with Crippen molar-refractivity contribution in [1.82, 2.24) is 0 Å². The molecule has 0 saturated heterocycles. The molecule has 0 unspecified atom stereocenters. The molecular formula is C32H26O3. The molecule has 4 aromatic rings. The summed E-state index contributed by atoms with van der Waals surface area (Å²) >= 11 is 0. The Labute approximate surface area is 206 Å². The number of ketones is 1. The molecule has 0 fully saturated rings. The van der Waals surface area contributed by atoms with E-state index in [0.29, 0.717) is 12.2 Å². The maximum absolute atomic E-state index is 13.1. The number of carbonyl (C=O) groups is 1. The van der Waals surface area contributed by atoms with Crippen molar-refractivity contribution in [2.75, 3.05) is 6.61 Å². The lowest BCUT2D eigenvalue weighted by Gasteiger charge is -2.30. The summed E-state index contributed by atoms with van der Waals surface area (Å²) in [6.07, 6.45) is 3.55. The molecule has 0 amide bonds. The summed E-state index contributed by atoms with van der Waals surface area (Å²) in [6, 6.07) is 35.7. The Bertz CT molecular complexity index is 1370. The van der Waals surface area contributed by atoms with Crippen molar-refractivity contribution >= 4 is 11.5 Å². The summed E-state index contributed by atoms with van der Waals surface area (Å²) in [5.74, 6) is 2.20. The van der Waals surface area contributed by atoms with E-state index in [1.54, 1.807) is 18.2 Å². The second-order valence-corrected chi connectivity index (χ2v) is 8.29. The predicted octanol–water partition coefficient (Wildman–Crippen LogP) is 7.46. The van der Waals surface area contributed by atoms with Crippen molar-refractivity contribution in [1.29, 1.82) is 0 Å². The highest BCUT2D eigenvalue weighted by molar-refractivity contribution is 6.05. The predicted molar refractivity (Wildman–Crippen MR) is 140 cm³/mol. The molecule has 0 bridgehead atoms. The smallest absolute Gasteiger partial charge is 0.185 e. The van der Waals surface area contributed by atoms with E-state index in [4.69, 9.17) is 9.47 Å². The largest absolute Gasteiger partial charge is 0.494 e. The van der Waals surface area contributed by atoms with Gasteiger partial charge in [0.2, 0.25) is 0 Å². The Balaban J connectivity index is 1.61. The number of allylic oxidation sites excluding steroid dienone is 3. The topological polar surface area (TPSA) is 35.5 Å². The quantitative estimate of drug-likeness (QED) is 0.213. The highest BCUT2D eigenvalue weighted by atomic mass is 16.5. The van der Waals surface area contributed by atoms with Crippen LogP contribution in [0.25, 0.3) is 5.76 Å². The third kappa shape index (κ3) is 4.80. The zero-order valence-electron chi connectivity index (χ0n) is 19.6. The van der Waals surface area contributed by atoms with E-state index in [2.05, 4.69) is 18.2 Å². The normalized spacial score (nSPS) is 14.9. The van der Waals surface area contributed by atoms with Crippen LogP contribution in [0.4, 0.5) is 0 Å². The molecule has 172 valence electrons. The van der Waals surface area contributed by atoms with Crippen LogP contribution in [0, 0.1) is 0 Å². The van der Waals surface area contributed by atoms with Gasteiger partial charge in [0, 0.05) is 28.2 Å². The van der Waals surface area contributed by atoms with E-state index in [0.717, 1.165) is 39.5 Å². The van der Waals surface area contributed by atoms with Crippen molar-refractivity contribution in [2.24, 2.45) is 0 Å². The van der Waals surface area contributed by atoms with Crippen molar-refractivity contribution in [3.63, 3.8) is 0 Å². The number of hydrogen-bond acceptors (Lipinski definition) is 3. The first-order valence-corrected chi connectivity index (χ1v) is 11.8. The molecule has 0 spiro atoms. The number of fused-ring (bicyclic) bond motifs is 1. The lowest BCUT2D eigenvalue weighted by Crippen LogP contribution is -2.15. The number of hydrogen-bond donors (Lipinski definition) is 0. The molecular weight excluding hydrogens is 432 g/mol. The molecule has 35 heavy (non-hydrogen) atoms. The van der Waals surface area contributed by atoms with Gasteiger partial charge in [-0.25, -0.2) is 0 Å². The minimum atomic E-state index is -0.0707. The Kier molecular flexibility index (Phi) is 6.58. The molecule has 0 aromatic heterocycles. The molecule has 3 nitrogen and oxygen atoms in total. The third-order valence-corrected chi connectivity index (χ3v) is 6.05. The van der Waals surface area contributed by atoms with Crippen LogP contribution in [-0.4, -0.2) is 12.4 Å². The summed E-state index contributed by atoms with van der Waals surface area (Å²) in [5, 5.41) is 0.